The molecule has 4 nitrogen and oxygen atoms in total. The monoisotopic (exact) mass is 317 g/mol. The highest BCUT2D eigenvalue weighted by Crippen LogP contribution is 2.17. The molecular weight excluding hydrogens is 298 g/mol. The summed E-state index contributed by atoms with van der Waals surface area (Å²) in [4.78, 5) is 14.5. The maximum absolute atomic E-state index is 12.8. The Morgan fingerprint density at radius 2 is 1.83 bits per heavy atom. The molecule has 0 fully saturated rings. The van der Waals surface area contributed by atoms with Crippen LogP contribution in [0.2, 0.25) is 0 Å². The molecule has 0 bridgehead atoms. The molecule has 0 radical (unpaired) electrons. The number of para-hydroxylation sites is 1. The maximum atomic E-state index is 12.8. The summed E-state index contributed by atoms with van der Waals surface area (Å²) in [5.74, 6) is -0.0354. The zero-order valence-electron chi connectivity index (χ0n) is 13.4. The molecule has 0 unspecified atom stereocenters. The molecule has 0 aliphatic rings. The molecule has 0 N–H and O–H groups in total. The fraction of sp³-hybridized carbons (Fsp3) is 0.100. The van der Waals surface area contributed by atoms with Gasteiger partial charge in [-0.25, -0.2) is 0 Å². The number of hydrogen-bond acceptors (Lipinski definition) is 2. The summed E-state index contributed by atoms with van der Waals surface area (Å²) >= 11 is 0. The minimum Gasteiger partial charge on any atom is -0.305 e. The molecule has 0 saturated heterocycles. The van der Waals surface area contributed by atoms with Crippen molar-refractivity contribution < 1.29 is 4.79 Å². The Morgan fingerprint density at radius 3 is 2.46 bits per heavy atom. The van der Waals surface area contributed by atoms with Crippen LogP contribution in [0.15, 0.2) is 85.7 Å². The van der Waals surface area contributed by atoms with Crippen molar-refractivity contribution in [2.75, 3.05) is 11.4 Å². The van der Waals surface area contributed by atoms with Gasteiger partial charge >= 0.3 is 0 Å². The van der Waals surface area contributed by atoms with Gasteiger partial charge < -0.3 is 4.90 Å². The van der Waals surface area contributed by atoms with Crippen molar-refractivity contribution in [2.24, 2.45) is 0 Å². The molecule has 0 aliphatic carbocycles. The summed E-state index contributed by atoms with van der Waals surface area (Å²) in [5, 5.41) is 4.19. The van der Waals surface area contributed by atoms with E-state index in [1.165, 1.54) is 0 Å². The van der Waals surface area contributed by atoms with Crippen LogP contribution in [0.25, 0.3) is 0 Å². The fourth-order valence-electron chi connectivity index (χ4n) is 2.53. The van der Waals surface area contributed by atoms with Crippen molar-refractivity contribution in [3.8, 4) is 0 Å². The quantitative estimate of drug-likeness (QED) is 0.649. The smallest absolute Gasteiger partial charge is 0.258 e. The van der Waals surface area contributed by atoms with Gasteiger partial charge in [-0.1, -0.05) is 36.4 Å². The minimum absolute atomic E-state index is 0.0354. The topological polar surface area (TPSA) is 38.1 Å². The van der Waals surface area contributed by atoms with Crippen LogP contribution in [0, 0.1) is 0 Å². The van der Waals surface area contributed by atoms with E-state index in [0.717, 1.165) is 11.3 Å². The number of aromatic nitrogens is 2. The summed E-state index contributed by atoms with van der Waals surface area (Å²) in [7, 11) is 0. The SMILES string of the molecule is C=CCN(C(=O)c1ccc(Cn2cccn2)cc1)c1ccccc1. The third kappa shape index (κ3) is 3.60. The Labute approximate surface area is 141 Å². The van der Waals surface area contributed by atoms with Gasteiger partial charge in [0.25, 0.3) is 5.91 Å². The van der Waals surface area contributed by atoms with Gasteiger partial charge in [0.1, 0.15) is 0 Å². The molecule has 0 atom stereocenters. The Morgan fingerprint density at radius 1 is 1.08 bits per heavy atom. The van der Waals surface area contributed by atoms with Crippen molar-refractivity contribution in [3.05, 3.63) is 96.8 Å². The average Bonchev–Trinajstić information content (AvgIpc) is 3.13. The van der Waals surface area contributed by atoms with Crippen molar-refractivity contribution in [1.29, 1.82) is 0 Å². The van der Waals surface area contributed by atoms with E-state index in [9.17, 15) is 4.79 Å². The molecule has 3 rings (SSSR count). The summed E-state index contributed by atoms with van der Waals surface area (Å²) in [5.41, 5.74) is 2.62. The summed E-state index contributed by atoms with van der Waals surface area (Å²) < 4.78 is 1.85. The summed E-state index contributed by atoms with van der Waals surface area (Å²) in [6.45, 7) is 4.92. The lowest BCUT2D eigenvalue weighted by atomic mass is 10.1. The largest absolute Gasteiger partial charge is 0.305 e. The van der Waals surface area contributed by atoms with Crippen molar-refractivity contribution >= 4 is 11.6 Å². The first-order valence-electron chi connectivity index (χ1n) is 7.82. The second kappa shape index (κ2) is 7.42. The molecule has 24 heavy (non-hydrogen) atoms. The van der Waals surface area contributed by atoms with Crippen LogP contribution >= 0.6 is 0 Å². The van der Waals surface area contributed by atoms with Crippen LogP contribution in [0.5, 0.6) is 0 Å². The van der Waals surface area contributed by atoms with Crippen molar-refractivity contribution in [1.82, 2.24) is 9.78 Å². The minimum atomic E-state index is -0.0354. The summed E-state index contributed by atoms with van der Waals surface area (Å²) in [6, 6.07) is 19.2. The molecule has 0 spiro atoms. The molecule has 0 aliphatic heterocycles. The van der Waals surface area contributed by atoms with E-state index in [4.69, 9.17) is 0 Å². The number of carbonyl (C=O) groups is 1. The van der Waals surface area contributed by atoms with E-state index in [-0.39, 0.29) is 5.91 Å². The zero-order valence-corrected chi connectivity index (χ0v) is 13.4. The maximum Gasteiger partial charge on any atom is 0.258 e. The predicted octanol–water partition coefficient (Wildman–Crippen LogP) is 3.76. The number of carbonyl (C=O) groups excluding carboxylic acids is 1. The number of amides is 1. The molecule has 1 heterocycles. The molecule has 3 aromatic rings. The highest BCUT2D eigenvalue weighted by atomic mass is 16.2. The van der Waals surface area contributed by atoms with Crippen LogP contribution < -0.4 is 4.90 Å². The second-order valence-electron chi connectivity index (χ2n) is 5.44. The van der Waals surface area contributed by atoms with Crippen LogP contribution in [0.4, 0.5) is 5.69 Å². The first-order chi connectivity index (χ1) is 11.8. The predicted molar refractivity (Wildman–Crippen MR) is 96.1 cm³/mol. The number of nitrogens with zero attached hydrogens (tertiary/aromatic N) is 3. The highest BCUT2D eigenvalue weighted by molar-refractivity contribution is 6.06. The van der Waals surface area contributed by atoms with Crippen molar-refractivity contribution in [3.63, 3.8) is 0 Å². The normalized spacial score (nSPS) is 10.3. The molecule has 1 aromatic heterocycles. The zero-order chi connectivity index (χ0) is 16.8. The lowest BCUT2D eigenvalue weighted by Gasteiger charge is -2.21. The number of anilines is 1. The Hall–Kier alpha value is -3.14. The summed E-state index contributed by atoms with van der Waals surface area (Å²) in [6.07, 6.45) is 5.40. The standard InChI is InChI=1S/C20H19N3O/c1-2-14-23(19-7-4-3-5-8-19)20(24)18-11-9-17(10-12-18)16-22-15-6-13-21-22/h2-13,15H,1,14,16H2. The molecule has 2 aromatic carbocycles. The average molecular weight is 317 g/mol. The van der Waals surface area contributed by atoms with Crippen LogP contribution in [0.1, 0.15) is 15.9 Å². The van der Waals surface area contributed by atoms with Crippen LogP contribution in [-0.4, -0.2) is 22.2 Å². The Balaban J connectivity index is 1.79. The van der Waals surface area contributed by atoms with Crippen molar-refractivity contribution in [2.45, 2.75) is 6.54 Å². The third-order valence-electron chi connectivity index (χ3n) is 3.73. The van der Waals surface area contributed by atoms with Gasteiger partial charge in [-0.3, -0.25) is 9.48 Å². The van der Waals surface area contributed by atoms with E-state index in [2.05, 4.69) is 11.7 Å². The van der Waals surface area contributed by atoms with Gasteiger partial charge in [-0.15, -0.1) is 6.58 Å². The number of hydrogen-bond donors (Lipinski definition) is 0. The number of rotatable bonds is 6. The highest BCUT2D eigenvalue weighted by Gasteiger charge is 2.16. The van der Waals surface area contributed by atoms with Gasteiger partial charge in [0.15, 0.2) is 0 Å². The third-order valence-corrected chi connectivity index (χ3v) is 3.73. The van der Waals surface area contributed by atoms with Gasteiger partial charge in [0.05, 0.1) is 6.54 Å². The van der Waals surface area contributed by atoms with Crippen LogP contribution in [-0.2, 0) is 6.54 Å². The first kappa shape index (κ1) is 15.7. The van der Waals surface area contributed by atoms with E-state index in [1.807, 2.05) is 71.5 Å². The second-order valence-corrected chi connectivity index (χ2v) is 5.44. The molecule has 1 amide bonds. The fourth-order valence-corrected chi connectivity index (χ4v) is 2.53. The van der Waals surface area contributed by atoms with Gasteiger partial charge in [-0.2, -0.15) is 5.10 Å². The molecule has 0 saturated carbocycles. The van der Waals surface area contributed by atoms with E-state index < -0.39 is 0 Å². The van der Waals surface area contributed by atoms with Gasteiger partial charge in [-0.05, 0) is 35.9 Å². The molecular formula is C20H19N3O. The molecule has 4 heteroatoms. The Bertz CT molecular complexity index is 793. The lowest BCUT2D eigenvalue weighted by Crippen LogP contribution is -2.30. The van der Waals surface area contributed by atoms with E-state index >= 15 is 0 Å². The van der Waals surface area contributed by atoms with E-state index in [0.29, 0.717) is 18.7 Å². The Kier molecular flexibility index (Phi) is 4.87. The van der Waals surface area contributed by atoms with Gasteiger partial charge in [0.2, 0.25) is 0 Å². The van der Waals surface area contributed by atoms with E-state index in [1.54, 1.807) is 17.2 Å². The van der Waals surface area contributed by atoms with Crippen LogP contribution in [0.3, 0.4) is 0 Å². The first-order valence-corrected chi connectivity index (χ1v) is 7.82. The number of benzene rings is 2. The lowest BCUT2D eigenvalue weighted by molar-refractivity contribution is 0.0989. The molecule has 120 valence electrons. The van der Waals surface area contributed by atoms with Gasteiger partial charge in [0, 0.05) is 30.2 Å².